The Kier molecular flexibility index (Phi) is 3.95. The maximum atomic E-state index is 11.6. The summed E-state index contributed by atoms with van der Waals surface area (Å²) in [5, 5.41) is 7.59. The molecule has 1 amide bonds. The first-order valence-electron chi connectivity index (χ1n) is 4.74. The second-order valence-corrected chi connectivity index (χ2v) is 7.54. The molecule has 0 unspecified atom stereocenters. The van der Waals surface area contributed by atoms with Crippen molar-refractivity contribution in [2.45, 2.75) is 23.1 Å². The number of hydrogen-bond acceptors (Lipinski definition) is 3. The first-order valence-corrected chi connectivity index (χ1v) is 7.08. The molecule has 0 saturated carbocycles. The average Bonchev–Trinajstić information content (AvgIpc) is 2.15. The van der Waals surface area contributed by atoms with Gasteiger partial charge in [0.1, 0.15) is 0 Å². The van der Waals surface area contributed by atoms with Crippen molar-refractivity contribution in [1.29, 1.82) is 0 Å². The van der Waals surface area contributed by atoms with E-state index in [4.69, 9.17) is 5.14 Å². The van der Waals surface area contributed by atoms with Gasteiger partial charge < -0.3 is 5.32 Å². The Labute approximate surface area is 109 Å². The molecule has 17 heavy (non-hydrogen) atoms. The summed E-state index contributed by atoms with van der Waals surface area (Å²) in [6.07, 6.45) is 0. The molecule has 1 aromatic carbocycles. The van der Waals surface area contributed by atoms with Crippen molar-refractivity contribution < 1.29 is 13.2 Å². The van der Waals surface area contributed by atoms with Crippen LogP contribution in [-0.4, -0.2) is 18.6 Å². The van der Waals surface area contributed by atoms with Crippen LogP contribution in [0, 0.1) is 0 Å². The van der Waals surface area contributed by atoms with Crippen molar-refractivity contribution in [1.82, 2.24) is 0 Å². The Hall–Kier alpha value is -0.920. The van der Waals surface area contributed by atoms with Gasteiger partial charge in [-0.05, 0) is 38.1 Å². The predicted molar refractivity (Wildman–Crippen MR) is 69.5 cm³/mol. The molecule has 94 valence electrons. The number of anilines is 1. The third kappa shape index (κ3) is 4.10. The minimum atomic E-state index is -3.70. The second kappa shape index (κ2) is 4.75. The highest BCUT2D eigenvalue weighted by Gasteiger charge is 2.23. The summed E-state index contributed by atoms with van der Waals surface area (Å²) in [5.74, 6) is -0.221. The Bertz CT molecular complexity index is 517. The van der Waals surface area contributed by atoms with Crippen LogP contribution in [0.2, 0.25) is 0 Å². The van der Waals surface area contributed by atoms with Crippen molar-refractivity contribution in [3.8, 4) is 0 Å². The van der Waals surface area contributed by atoms with Gasteiger partial charge in [0.15, 0.2) is 0 Å². The minimum absolute atomic E-state index is 0.00796. The number of benzene rings is 1. The van der Waals surface area contributed by atoms with E-state index in [1.807, 2.05) is 0 Å². The Morgan fingerprint density at radius 3 is 2.12 bits per heavy atom. The van der Waals surface area contributed by atoms with Crippen molar-refractivity contribution in [3.63, 3.8) is 0 Å². The third-order valence-electron chi connectivity index (χ3n) is 1.98. The summed E-state index contributed by atoms with van der Waals surface area (Å²) in [4.78, 5) is 11.6. The van der Waals surface area contributed by atoms with E-state index < -0.39 is 14.3 Å². The lowest BCUT2D eigenvalue weighted by molar-refractivity contribution is -0.117. The quantitative estimate of drug-likeness (QED) is 0.826. The molecule has 0 radical (unpaired) electrons. The Morgan fingerprint density at radius 2 is 1.76 bits per heavy atom. The van der Waals surface area contributed by atoms with Crippen LogP contribution in [0.4, 0.5) is 5.69 Å². The highest BCUT2D eigenvalue weighted by atomic mass is 79.9. The first kappa shape index (κ1) is 14.1. The topological polar surface area (TPSA) is 89.3 Å². The van der Waals surface area contributed by atoms with Gasteiger partial charge in [-0.2, -0.15) is 0 Å². The number of sulfonamides is 1. The standard InChI is InChI=1S/C10H13BrN2O3S/c1-10(2,11)9(14)13-7-3-5-8(6-4-7)17(12,15)16/h3-6H,1-2H3,(H,13,14)(H2,12,15,16). The van der Waals surface area contributed by atoms with Gasteiger partial charge in [0.25, 0.3) is 0 Å². The molecule has 0 aliphatic rings. The maximum Gasteiger partial charge on any atom is 0.240 e. The van der Waals surface area contributed by atoms with Crippen molar-refractivity contribution >= 4 is 37.5 Å². The molecule has 1 rings (SSSR count). The molecule has 0 bridgehead atoms. The van der Waals surface area contributed by atoms with E-state index in [9.17, 15) is 13.2 Å². The monoisotopic (exact) mass is 320 g/mol. The highest BCUT2D eigenvalue weighted by molar-refractivity contribution is 9.10. The number of primary sulfonamides is 1. The highest BCUT2D eigenvalue weighted by Crippen LogP contribution is 2.19. The van der Waals surface area contributed by atoms with E-state index in [1.165, 1.54) is 24.3 Å². The van der Waals surface area contributed by atoms with E-state index in [2.05, 4.69) is 21.2 Å². The fourth-order valence-corrected chi connectivity index (χ4v) is 1.62. The maximum absolute atomic E-state index is 11.6. The SMILES string of the molecule is CC(C)(Br)C(=O)Nc1ccc(S(N)(=O)=O)cc1. The van der Waals surface area contributed by atoms with Crippen LogP contribution in [0.1, 0.15) is 13.8 Å². The molecule has 7 heteroatoms. The summed E-state index contributed by atoms with van der Waals surface area (Å²) < 4.78 is 21.3. The summed E-state index contributed by atoms with van der Waals surface area (Å²) in [6, 6.07) is 5.64. The van der Waals surface area contributed by atoms with E-state index in [1.54, 1.807) is 13.8 Å². The molecular formula is C10H13BrN2O3S. The number of alkyl halides is 1. The van der Waals surface area contributed by atoms with Crippen LogP contribution in [-0.2, 0) is 14.8 Å². The van der Waals surface area contributed by atoms with Crippen LogP contribution in [0.3, 0.4) is 0 Å². The van der Waals surface area contributed by atoms with Gasteiger partial charge in [0.05, 0.1) is 9.22 Å². The van der Waals surface area contributed by atoms with Crippen molar-refractivity contribution in [2.24, 2.45) is 5.14 Å². The van der Waals surface area contributed by atoms with Gasteiger partial charge in [-0.3, -0.25) is 4.79 Å². The van der Waals surface area contributed by atoms with Crippen LogP contribution in [0.5, 0.6) is 0 Å². The van der Waals surface area contributed by atoms with Gasteiger partial charge in [-0.15, -0.1) is 0 Å². The number of hydrogen-bond donors (Lipinski definition) is 2. The van der Waals surface area contributed by atoms with Crippen LogP contribution in [0.25, 0.3) is 0 Å². The van der Waals surface area contributed by atoms with Crippen LogP contribution < -0.4 is 10.5 Å². The van der Waals surface area contributed by atoms with E-state index >= 15 is 0 Å². The lowest BCUT2D eigenvalue weighted by Gasteiger charge is -2.15. The fraction of sp³-hybridized carbons (Fsp3) is 0.300. The smallest absolute Gasteiger partial charge is 0.240 e. The van der Waals surface area contributed by atoms with Crippen LogP contribution in [0.15, 0.2) is 29.2 Å². The molecule has 3 N–H and O–H groups in total. The predicted octanol–water partition coefficient (Wildman–Crippen LogP) is 1.45. The van der Waals surface area contributed by atoms with Crippen LogP contribution >= 0.6 is 15.9 Å². The second-order valence-electron chi connectivity index (χ2n) is 4.00. The van der Waals surface area contributed by atoms with E-state index in [0.29, 0.717) is 5.69 Å². The number of carbonyl (C=O) groups excluding carboxylic acids is 1. The number of carbonyl (C=O) groups is 1. The molecule has 0 aromatic heterocycles. The summed E-state index contributed by atoms with van der Waals surface area (Å²) in [5.41, 5.74) is 0.509. The zero-order chi connectivity index (χ0) is 13.3. The number of rotatable bonds is 3. The van der Waals surface area contributed by atoms with Gasteiger partial charge in [0, 0.05) is 5.69 Å². The first-order chi connectivity index (χ1) is 7.60. The lowest BCUT2D eigenvalue weighted by atomic mass is 10.2. The minimum Gasteiger partial charge on any atom is -0.325 e. The molecular weight excluding hydrogens is 308 g/mol. The largest absolute Gasteiger partial charge is 0.325 e. The molecule has 1 aromatic rings. The molecule has 0 spiro atoms. The number of amides is 1. The van der Waals surface area contributed by atoms with E-state index in [-0.39, 0.29) is 10.8 Å². The summed E-state index contributed by atoms with van der Waals surface area (Å²) in [6.45, 7) is 3.42. The molecule has 0 heterocycles. The fourth-order valence-electron chi connectivity index (χ4n) is 1.01. The van der Waals surface area contributed by atoms with Gasteiger partial charge >= 0.3 is 0 Å². The van der Waals surface area contributed by atoms with Gasteiger partial charge in [-0.1, -0.05) is 15.9 Å². The van der Waals surface area contributed by atoms with E-state index in [0.717, 1.165) is 0 Å². The zero-order valence-corrected chi connectivity index (χ0v) is 11.8. The number of halogens is 1. The Morgan fingerprint density at radius 1 is 1.29 bits per heavy atom. The molecule has 0 aliphatic heterocycles. The molecule has 0 saturated heterocycles. The summed E-state index contributed by atoms with van der Waals surface area (Å²) >= 11 is 3.22. The lowest BCUT2D eigenvalue weighted by Crippen LogP contribution is -2.30. The third-order valence-corrected chi connectivity index (χ3v) is 3.27. The van der Waals surface area contributed by atoms with Crippen molar-refractivity contribution in [3.05, 3.63) is 24.3 Å². The Balaban J connectivity index is 2.87. The zero-order valence-electron chi connectivity index (χ0n) is 9.40. The average molecular weight is 321 g/mol. The number of nitrogens with one attached hydrogen (secondary N) is 1. The van der Waals surface area contributed by atoms with Crippen molar-refractivity contribution in [2.75, 3.05) is 5.32 Å². The molecule has 5 nitrogen and oxygen atoms in total. The number of nitrogens with two attached hydrogens (primary N) is 1. The molecule has 0 aliphatic carbocycles. The normalized spacial score (nSPS) is 12.2. The summed E-state index contributed by atoms with van der Waals surface area (Å²) in [7, 11) is -3.70. The van der Waals surface area contributed by atoms with Gasteiger partial charge in [-0.25, -0.2) is 13.6 Å². The molecule has 0 atom stereocenters. The molecule has 0 fully saturated rings. The van der Waals surface area contributed by atoms with Gasteiger partial charge in [0.2, 0.25) is 15.9 Å².